The molecule has 11 heteroatoms. The highest BCUT2D eigenvalue weighted by atomic mass is 16.5. The number of methoxy groups -OCH3 is 3. The van der Waals surface area contributed by atoms with Crippen LogP contribution in [0.3, 0.4) is 0 Å². The second-order valence-electron chi connectivity index (χ2n) is 13.3. The number of aromatic nitrogens is 1. The van der Waals surface area contributed by atoms with Crippen molar-refractivity contribution < 1.29 is 33.7 Å². The minimum Gasteiger partial charge on any atom is -0.508 e. The maximum absolute atomic E-state index is 13.6. The van der Waals surface area contributed by atoms with Crippen molar-refractivity contribution in [3.63, 3.8) is 0 Å². The van der Waals surface area contributed by atoms with E-state index < -0.39 is 23.3 Å². The minimum atomic E-state index is -1.17. The number of carbonyl (C=O) groups is 3. The molecule has 5 aliphatic rings. The van der Waals surface area contributed by atoms with Gasteiger partial charge in [0.2, 0.25) is 0 Å². The first-order chi connectivity index (χ1) is 24.3. The lowest BCUT2D eigenvalue weighted by Crippen LogP contribution is -2.41. The van der Waals surface area contributed by atoms with E-state index in [1.165, 1.54) is 21.3 Å². The molecule has 11 nitrogen and oxygen atoms in total. The smallest absolute Gasteiger partial charge is 0.334 e. The molecule has 4 aliphatic heterocycles. The molecule has 0 radical (unpaired) electrons. The Morgan fingerprint density at radius 2 is 1.76 bits per heavy atom. The summed E-state index contributed by atoms with van der Waals surface area (Å²) in [6.45, 7) is 15.7. The van der Waals surface area contributed by atoms with Gasteiger partial charge in [0.05, 0.1) is 61.2 Å². The number of allylic oxidation sites excluding steroid dienone is 6. The number of aliphatic hydroxyl groups excluding tert-OH is 1. The zero-order valence-electron chi connectivity index (χ0n) is 29.9. The van der Waals surface area contributed by atoms with Crippen molar-refractivity contribution in [2.75, 3.05) is 21.3 Å². The van der Waals surface area contributed by atoms with Crippen molar-refractivity contribution >= 4 is 47.6 Å². The van der Waals surface area contributed by atoms with E-state index in [4.69, 9.17) is 24.2 Å². The largest absolute Gasteiger partial charge is 0.508 e. The highest BCUT2D eigenvalue weighted by Gasteiger charge is 2.55. The molecule has 4 atom stereocenters. The Morgan fingerprint density at radius 3 is 2.41 bits per heavy atom. The van der Waals surface area contributed by atoms with Gasteiger partial charge in [-0.15, -0.1) is 0 Å². The van der Waals surface area contributed by atoms with Gasteiger partial charge in [0.15, 0.2) is 0 Å². The normalized spacial score (nSPS) is 27.4. The van der Waals surface area contributed by atoms with Gasteiger partial charge in [0, 0.05) is 39.9 Å². The maximum atomic E-state index is 13.6. The summed E-state index contributed by atoms with van der Waals surface area (Å²) < 4.78 is 15.3. The van der Waals surface area contributed by atoms with Crippen LogP contribution in [0.15, 0.2) is 98.2 Å². The molecule has 1 aliphatic carbocycles. The molecule has 6 rings (SSSR count). The van der Waals surface area contributed by atoms with Crippen LogP contribution in [0.25, 0.3) is 18.2 Å². The van der Waals surface area contributed by atoms with Gasteiger partial charge in [-0.2, -0.15) is 0 Å². The topological polar surface area (TPSA) is 152 Å². The maximum Gasteiger partial charge on any atom is 0.334 e. The quantitative estimate of drug-likeness (QED) is 0.218. The van der Waals surface area contributed by atoms with Crippen LogP contribution in [0.1, 0.15) is 44.7 Å². The number of H-pyrrole nitrogens is 1. The van der Waals surface area contributed by atoms with Crippen molar-refractivity contribution in [3.05, 3.63) is 110 Å². The van der Waals surface area contributed by atoms with Crippen molar-refractivity contribution in [3.8, 4) is 0 Å². The summed E-state index contributed by atoms with van der Waals surface area (Å²) in [7, 11) is 3.92. The highest BCUT2D eigenvalue weighted by molar-refractivity contribution is 6.25. The van der Waals surface area contributed by atoms with E-state index in [1.54, 1.807) is 18.2 Å². The fourth-order valence-electron chi connectivity index (χ4n) is 7.78. The van der Waals surface area contributed by atoms with Gasteiger partial charge >= 0.3 is 17.9 Å². The summed E-state index contributed by atoms with van der Waals surface area (Å²) in [6.07, 6.45) is 13.6. The van der Waals surface area contributed by atoms with Crippen LogP contribution in [-0.4, -0.2) is 66.8 Å². The monoisotopic (exact) mass is 690 g/mol. The zero-order chi connectivity index (χ0) is 36.9. The molecule has 0 amide bonds. The average molecular weight is 691 g/mol. The molecule has 0 spiro atoms. The summed E-state index contributed by atoms with van der Waals surface area (Å²) in [4.78, 5) is 52.6. The number of aliphatic hydroxyl groups is 1. The molecule has 1 aromatic rings. The number of nitrogens with zero attached hydrogens (tertiary/aromatic N) is 2. The van der Waals surface area contributed by atoms with Gasteiger partial charge < -0.3 is 29.6 Å². The van der Waals surface area contributed by atoms with Gasteiger partial charge in [-0.3, -0.25) is 14.6 Å². The SMILES string of the molecule is C=Cc1c(C)c2[nH]/c1=C\C1NC(=C(CCC(=O)OC)C1C)/C=C1N=C(/C=C3\N=C(C=2)C2=CC=C(C(=O)OC)[C@@H](C(=O)OC)[C@]23C)C(C)=C\1C(=C)O. The van der Waals surface area contributed by atoms with Crippen molar-refractivity contribution in [2.24, 2.45) is 27.2 Å². The summed E-state index contributed by atoms with van der Waals surface area (Å²) in [6, 6.07) is -0.167. The number of aromatic amines is 1. The summed E-state index contributed by atoms with van der Waals surface area (Å²) in [5.74, 6) is -2.86. The Kier molecular flexibility index (Phi) is 9.09. The molecule has 264 valence electrons. The molecule has 51 heavy (non-hydrogen) atoms. The molecular formula is C40H42N4O7. The van der Waals surface area contributed by atoms with Gasteiger partial charge in [-0.1, -0.05) is 38.3 Å². The number of ether oxygens (including phenoxy) is 3. The van der Waals surface area contributed by atoms with E-state index in [2.05, 4.69) is 36.5 Å². The third-order valence-electron chi connectivity index (χ3n) is 10.7. The third kappa shape index (κ3) is 5.66. The number of rotatable bonds is 7. The van der Waals surface area contributed by atoms with Crippen LogP contribution in [0.2, 0.25) is 0 Å². The molecule has 5 heterocycles. The zero-order valence-corrected chi connectivity index (χ0v) is 29.9. The van der Waals surface area contributed by atoms with E-state index in [-0.39, 0.29) is 35.7 Å². The molecule has 0 saturated heterocycles. The summed E-state index contributed by atoms with van der Waals surface area (Å²) in [5.41, 5.74) is 6.43. The molecule has 0 saturated carbocycles. The number of nitrogens with one attached hydrogen (secondary N) is 2. The fourth-order valence-corrected chi connectivity index (χ4v) is 7.78. The van der Waals surface area contributed by atoms with Crippen LogP contribution in [-0.2, 0) is 28.6 Å². The van der Waals surface area contributed by atoms with Crippen LogP contribution in [0.5, 0.6) is 0 Å². The lowest BCUT2D eigenvalue weighted by Gasteiger charge is -2.37. The van der Waals surface area contributed by atoms with E-state index in [0.29, 0.717) is 46.0 Å². The number of carbonyl (C=O) groups excluding carboxylic acids is 3. The predicted molar refractivity (Wildman–Crippen MR) is 195 cm³/mol. The third-order valence-corrected chi connectivity index (χ3v) is 10.7. The summed E-state index contributed by atoms with van der Waals surface area (Å²) >= 11 is 0. The van der Waals surface area contributed by atoms with Gasteiger partial charge in [0.1, 0.15) is 11.7 Å². The Labute approximate surface area is 296 Å². The lowest BCUT2D eigenvalue weighted by molar-refractivity contribution is -0.150. The lowest BCUT2D eigenvalue weighted by atomic mass is 9.64. The number of hydrogen-bond acceptors (Lipinski definition) is 10. The Balaban J connectivity index is 1.68. The fraction of sp³-hybridized carbons (Fsp3) is 0.325. The number of esters is 3. The van der Waals surface area contributed by atoms with Crippen LogP contribution in [0.4, 0.5) is 0 Å². The van der Waals surface area contributed by atoms with Gasteiger partial charge in [-0.05, 0) is 73.8 Å². The Morgan fingerprint density at radius 1 is 1.02 bits per heavy atom. The molecule has 8 bridgehead atoms. The van der Waals surface area contributed by atoms with Crippen LogP contribution in [0, 0.1) is 24.2 Å². The molecule has 0 fully saturated rings. The first kappa shape index (κ1) is 35.1. The number of hydrogen-bond donors (Lipinski definition) is 3. The van der Waals surface area contributed by atoms with Crippen molar-refractivity contribution in [2.45, 2.75) is 46.6 Å². The average Bonchev–Trinajstić information content (AvgIpc) is 3.77. The molecular weight excluding hydrogens is 648 g/mol. The van der Waals surface area contributed by atoms with Crippen LogP contribution >= 0.6 is 0 Å². The first-order valence-electron chi connectivity index (χ1n) is 16.7. The van der Waals surface area contributed by atoms with Crippen LogP contribution < -0.4 is 16.0 Å². The van der Waals surface area contributed by atoms with E-state index in [9.17, 15) is 19.5 Å². The van der Waals surface area contributed by atoms with E-state index >= 15 is 0 Å². The van der Waals surface area contributed by atoms with Crippen molar-refractivity contribution in [1.82, 2.24) is 10.3 Å². The first-order valence-corrected chi connectivity index (χ1v) is 16.7. The van der Waals surface area contributed by atoms with E-state index in [0.717, 1.165) is 33.1 Å². The molecule has 1 aromatic heterocycles. The Hall–Kier alpha value is -5.71. The standard InChI is InChI=1S/C40H42N4O7/c1-10-23-19(2)28-16-32-26-13-11-25(38(47)50-8)37(39(48)51-9)40(26,6)34(44-32)18-29-21(4)36(22(5)45)33(43-29)17-31-24(12-14-35(46)49-7)20(3)27(42-31)15-30(23)41-28/h10-11,13,15-18,20,27,37,41-42,45H,1,5,12,14H2,2-4,6-9H3/b28-16?,30-15-,33-17-,34-18-/t20?,27?,37-,40+/m0/s1. The second kappa shape index (κ2) is 13.2. The Bertz CT molecular complexity index is 2200. The van der Waals surface area contributed by atoms with Gasteiger partial charge in [-0.25, -0.2) is 9.79 Å². The minimum absolute atomic E-state index is 0.0109. The van der Waals surface area contributed by atoms with Gasteiger partial charge in [0.25, 0.3) is 0 Å². The highest BCUT2D eigenvalue weighted by Crippen LogP contribution is 2.54. The second-order valence-corrected chi connectivity index (χ2v) is 13.3. The molecule has 2 unspecified atom stereocenters. The number of aliphatic imine (C=N–C) groups is 2. The van der Waals surface area contributed by atoms with Crippen molar-refractivity contribution in [1.29, 1.82) is 0 Å². The summed E-state index contributed by atoms with van der Waals surface area (Å²) in [5, 5.41) is 16.2. The predicted octanol–water partition coefficient (Wildman–Crippen LogP) is 4.26. The van der Waals surface area contributed by atoms with E-state index in [1.807, 2.05) is 39.0 Å². The number of fused-ring (bicyclic) bond motifs is 9. The molecule has 0 aromatic carbocycles. The molecule has 3 N–H and O–H groups in total.